The normalized spacial score (nSPS) is 25.5. The molecule has 2 atom stereocenters. The van der Waals surface area contributed by atoms with Gasteiger partial charge in [-0.15, -0.1) is 0 Å². The lowest BCUT2D eigenvalue weighted by Gasteiger charge is -2.35. The first-order valence-electron chi connectivity index (χ1n) is 6.04. The third-order valence-electron chi connectivity index (χ3n) is 2.96. The van der Waals surface area contributed by atoms with Crippen LogP contribution in [0.3, 0.4) is 0 Å². The van der Waals surface area contributed by atoms with Gasteiger partial charge >= 0.3 is 0 Å². The highest BCUT2D eigenvalue weighted by molar-refractivity contribution is 5.32. The summed E-state index contributed by atoms with van der Waals surface area (Å²) in [6.07, 6.45) is 0.579. The van der Waals surface area contributed by atoms with Gasteiger partial charge in [0.1, 0.15) is 0 Å². The van der Waals surface area contributed by atoms with E-state index < -0.39 is 0 Å². The van der Waals surface area contributed by atoms with Crippen LogP contribution in [0.25, 0.3) is 0 Å². The molecule has 1 saturated heterocycles. The molecule has 0 N–H and O–H groups in total. The van der Waals surface area contributed by atoms with Gasteiger partial charge in [0.05, 0.1) is 23.8 Å². The minimum atomic E-state index is 0.290. The number of morpholine rings is 1. The Balaban J connectivity index is 2.02. The van der Waals surface area contributed by atoms with Crippen molar-refractivity contribution in [1.29, 1.82) is 5.26 Å². The van der Waals surface area contributed by atoms with Crippen LogP contribution in [0.15, 0.2) is 24.3 Å². The molecule has 3 heteroatoms. The van der Waals surface area contributed by atoms with Crippen molar-refractivity contribution in [2.24, 2.45) is 0 Å². The molecule has 1 aliphatic heterocycles. The molecule has 3 nitrogen and oxygen atoms in total. The van der Waals surface area contributed by atoms with E-state index in [0.717, 1.165) is 25.2 Å². The van der Waals surface area contributed by atoms with E-state index in [1.54, 1.807) is 0 Å². The van der Waals surface area contributed by atoms with E-state index in [4.69, 9.17) is 10.00 Å². The highest BCUT2D eigenvalue weighted by atomic mass is 16.5. The zero-order valence-corrected chi connectivity index (χ0v) is 10.4. The molecule has 1 aromatic carbocycles. The Bertz CT molecular complexity index is 414. The molecule has 0 amide bonds. The molecular formula is C14H18N2O. The van der Waals surface area contributed by atoms with Crippen molar-refractivity contribution in [3.8, 4) is 6.07 Å². The van der Waals surface area contributed by atoms with Gasteiger partial charge in [-0.2, -0.15) is 5.26 Å². The molecule has 2 unspecified atom stereocenters. The molecule has 0 aliphatic carbocycles. The average molecular weight is 230 g/mol. The molecule has 0 radical (unpaired) electrons. The smallest absolute Gasteiger partial charge is 0.0991 e. The quantitative estimate of drug-likeness (QED) is 0.781. The zero-order chi connectivity index (χ0) is 12.3. The summed E-state index contributed by atoms with van der Waals surface area (Å²) in [6, 6.07) is 10.0. The third kappa shape index (κ3) is 3.29. The second-order valence-electron chi connectivity index (χ2n) is 4.76. The summed E-state index contributed by atoms with van der Waals surface area (Å²) in [6.45, 7) is 7.03. The van der Waals surface area contributed by atoms with E-state index in [9.17, 15) is 0 Å². The van der Waals surface area contributed by atoms with Gasteiger partial charge in [0.15, 0.2) is 0 Å². The van der Waals surface area contributed by atoms with Crippen molar-refractivity contribution in [2.45, 2.75) is 32.6 Å². The maximum absolute atomic E-state index is 8.87. The van der Waals surface area contributed by atoms with E-state index in [1.807, 2.05) is 18.2 Å². The molecular weight excluding hydrogens is 212 g/mol. The Morgan fingerprint density at radius 2 is 2.06 bits per heavy atom. The Kier molecular flexibility index (Phi) is 3.78. The van der Waals surface area contributed by atoms with Crippen LogP contribution >= 0.6 is 0 Å². The van der Waals surface area contributed by atoms with Gasteiger partial charge < -0.3 is 4.74 Å². The first kappa shape index (κ1) is 12.1. The van der Waals surface area contributed by atoms with Crippen LogP contribution in [-0.4, -0.2) is 30.2 Å². The largest absolute Gasteiger partial charge is 0.373 e. The van der Waals surface area contributed by atoms with E-state index in [-0.39, 0.29) is 12.2 Å². The molecule has 90 valence electrons. The molecule has 1 fully saturated rings. The SMILES string of the molecule is CC1CN(Cc2cccc(C#N)c2)CC(C)O1. The fraction of sp³-hybridized carbons (Fsp3) is 0.500. The van der Waals surface area contributed by atoms with Crippen LogP contribution in [0.5, 0.6) is 0 Å². The van der Waals surface area contributed by atoms with E-state index in [2.05, 4.69) is 30.9 Å². The number of ether oxygens (including phenoxy) is 1. The van der Waals surface area contributed by atoms with Crippen LogP contribution in [0.2, 0.25) is 0 Å². The fourth-order valence-electron chi connectivity index (χ4n) is 2.41. The highest BCUT2D eigenvalue weighted by Gasteiger charge is 2.21. The number of rotatable bonds is 2. The van der Waals surface area contributed by atoms with E-state index in [0.29, 0.717) is 0 Å². The lowest BCUT2D eigenvalue weighted by Crippen LogP contribution is -2.44. The molecule has 0 bridgehead atoms. The van der Waals surface area contributed by atoms with E-state index >= 15 is 0 Å². The minimum Gasteiger partial charge on any atom is -0.373 e. The zero-order valence-electron chi connectivity index (χ0n) is 10.4. The van der Waals surface area contributed by atoms with Crippen LogP contribution in [0, 0.1) is 11.3 Å². The Labute approximate surface area is 103 Å². The summed E-state index contributed by atoms with van der Waals surface area (Å²) in [5.74, 6) is 0. The maximum Gasteiger partial charge on any atom is 0.0991 e. The van der Waals surface area contributed by atoms with Gasteiger partial charge in [-0.1, -0.05) is 12.1 Å². The van der Waals surface area contributed by atoms with Crippen LogP contribution in [0.4, 0.5) is 0 Å². The van der Waals surface area contributed by atoms with Gasteiger partial charge in [-0.25, -0.2) is 0 Å². The van der Waals surface area contributed by atoms with Gasteiger partial charge in [0.25, 0.3) is 0 Å². The van der Waals surface area contributed by atoms with Gasteiger partial charge in [-0.3, -0.25) is 4.90 Å². The van der Waals surface area contributed by atoms with Crippen molar-refractivity contribution in [3.05, 3.63) is 35.4 Å². The lowest BCUT2D eigenvalue weighted by atomic mass is 10.1. The van der Waals surface area contributed by atoms with Crippen molar-refractivity contribution >= 4 is 0 Å². The first-order valence-corrected chi connectivity index (χ1v) is 6.04. The van der Waals surface area contributed by atoms with Gasteiger partial charge in [0, 0.05) is 19.6 Å². The Morgan fingerprint density at radius 3 is 2.71 bits per heavy atom. The lowest BCUT2D eigenvalue weighted by molar-refractivity contribution is -0.0704. The molecule has 0 spiro atoms. The monoisotopic (exact) mass is 230 g/mol. The van der Waals surface area contributed by atoms with Crippen LogP contribution in [0.1, 0.15) is 25.0 Å². The second kappa shape index (κ2) is 5.31. The Hall–Kier alpha value is -1.37. The van der Waals surface area contributed by atoms with Crippen molar-refractivity contribution in [1.82, 2.24) is 4.90 Å². The minimum absolute atomic E-state index is 0.290. The summed E-state index contributed by atoms with van der Waals surface area (Å²) in [5.41, 5.74) is 1.93. The number of nitriles is 1. The summed E-state index contributed by atoms with van der Waals surface area (Å²) in [4.78, 5) is 2.38. The predicted molar refractivity (Wildman–Crippen MR) is 66.4 cm³/mol. The van der Waals surface area contributed by atoms with E-state index in [1.165, 1.54) is 5.56 Å². The molecule has 1 aromatic rings. The van der Waals surface area contributed by atoms with Crippen molar-refractivity contribution < 1.29 is 4.74 Å². The first-order chi connectivity index (χ1) is 8.17. The van der Waals surface area contributed by atoms with Crippen LogP contribution in [-0.2, 0) is 11.3 Å². The van der Waals surface area contributed by atoms with Crippen LogP contribution < -0.4 is 0 Å². The summed E-state index contributed by atoms with van der Waals surface area (Å²) >= 11 is 0. The highest BCUT2D eigenvalue weighted by Crippen LogP contribution is 2.14. The standard InChI is InChI=1S/C14H18N2O/c1-11-8-16(9-12(2)17-11)10-14-5-3-4-13(6-14)7-15/h3-6,11-12H,8-10H2,1-2H3. The number of benzene rings is 1. The maximum atomic E-state index is 8.87. The molecule has 0 saturated carbocycles. The van der Waals surface area contributed by atoms with Crippen molar-refractivity contribution in [2.75, 3.05) is 13.1 Å². The van der Waals surface area contributed by atoms with Gasteiger partial charge in [0.2, 0.25) is 0 Å². The summed E-state index contributed by atoms with van der Waals surface area (Å²) in [5, 5.41) is 8.87. The summed E-state index contributed by atoms with van der Waals surface area (Å²) < 4.78 is 5.70. The summed E-state index contributed by atoms with van der Waals surface area (Å²) in [7, 11) is 0. The topological polar surface area (TPSA) is 36.3 Å². The molecule has 2 rings (SSSR count). The number of hydrogen-bond acceptors (Lipinski definition) is 3. The van der Waals surface area contributed by atoms with Gasteiger partial charge in [-0.05, 0) is 31.5 Å². The average Bonchev–Trinajstić information content (AvgIpc) is 2.28. The van der Waals surface area contributed by atoms with Crippen molar-refractivity contribution in [3.63, 3.8) is 0 Å². The number of hydrogen-bond donors (Lipinski definition) is 0. The predicted octanol–water partition coefficient (Wildman–Crippen LogP) is 2.17. The number of nitrogens with zero attached hydrogens (tertiary/aromatic N) is 2. The molecule has 1 aliphatic rings. The molecule has 1 heterocycles. The molecule has 17 heavy (non-hydrogen) atoms. The molecule has 0 aromatic heterocycles. The Morgan fingerprint density at radius 1 is 1.35 bits per heavy atom. The third-order valence-corrected chi connectivity index (χ3v) is 2.96. The fourth-order valence-corrected chi connectivity index (χ4v) is 2.41. The second-order valence-corrected chi connectivity index (χ2v) is 4.76.